The number of hydrogen-bond acceptors (Lipinski definition) is 3. The van der Waals surface area contributed by atoms with Crippen LogP contribution in [-0.2, 0) is 9.53 Å². The Morgan fingerprint density at radius 1 is 1.29 bits per heavy atom. The van der Waals surface area contributed by atoms with E-state index >= 15 is 0 Å². The summed E-state index contributed by atoms with van der Waals surface area (Å²) >= 11 is 5.72. The number of ether oxygens (including phenoxy) is 1. The number of amides is 1. The Hall–Kier alpha value is -1.55. The van der Waals surface area contributed by atoms with Crippen molar-refractivity contribution in [3.8, 4) is 0 Å². The Kier molecular flexibility index (Phi) is 4.97. The third kappa shape index (κ3) is 4.07. The molecule has 0 heterocycles. The highest BCUT2D eigenvalue weighted by Gasteiger charge is 2.15. The summed E-state index contributed by atoms with van der Waals surface area (Å²) in [5, 5.41) is 0.564. The van der Waals surface area contributed by atoms with E-state index in [1.807, 2.05) is 0 Å². The fraction of sp³-hybridized carbons (Fsp3) is 0.333. The molecule has 0 aliphatic heterocycles. The van der Waals surface area contributed by atoms with E-state index in [2.05, 4.69) is 0 Å². The second-order valence-electron chi connectivity index (χ2n) is 3.47. The lowest BCUT2D eigenvalue weighted by atomic mass is 10.2. The van der Waals surface area contributed by atoms with Crippen LogP contribution in [0.2, 0.25) is 5.02 Å². The Bertz CT molecular complexity index is 403. The van der Waals surface area contributed by atoms with Crippen LogP contribution in [-0.4, -0.2) is 37.0 Å². The number of rotatable bonds is 4. The molecule has 0 bridgehead atoms. The summed E-state index contributed by atoms with van der Waals surface area (Å²) < 4.78 is 4.76. The molecule has 0 unspecified atom stereocenters. The summed E-state index contributed by atoms with van der Waals surface area (Å²) in [6, 6.07) is 6.50. The second-order valence-corrected chi connectivity index (χ2v) is 3.91. The molecule has 0 aliphatic rings. The van der Waals surface area contributed by atoms with Gasteiger partial charge in [-0.25, -0.2) is 0 Å². The lowest BCUT2D eigenvalue weighted by molar-refractivity contribution is -0.143. The first kappa shape index (κ1) is 13.5. The zero-order valence-corrected chi connectivity index (χ0v) is 10.5. The molecule has 0 spiro atoms. The number of nitrogens with zero attached hydrogens (tertiary/aromatic N) is 1. The van der Waals surface area contributed by atoms with Crippen LogP contribution in [0, 0.1) is 0 Å². The van der Waals surface area contributed by atoms with Crippen LogP contribution in [0.3, 0.4) is 0 Å². The average molecular weight is 256 g/mol. The maximum atomic E-state index is 11.9. The first-order chi connectivity index (χ1) is 8.04. The Morgan fingerprint density at radius 2 is 1.88 bits per heavy atom. The smallest absolute Gasteiger partial charge is 0.325 e. The molecule has 92 valence electrons. The van der Waals surface area contributed by atoms with Gasteiger partial charge in [-0.05, 0) is 31.2 Å². The van der Waals surface area contributed by atoms with Gasteiger partial charge < -0.3 is 9.64 Å². The van der Waals surface area contributed by atoms with Crippen LogP contribution >= 0.6 is 11.6 Å². The van der Waals surface area contributed by atoms with Crippen LogP contribution in [0.25, 0.3) is 0 Å². The van der Waals surface area contributed by atoms with Crippen molar-refractivity contribution in [3.63, 3.8) is 0 Å². The van der Waals surface area contributed by atoms with E-state index in [0.717, 1.165) is 0 Å². The summed E-state index contributed by atoms with van der Waals surface area (Å²) in [7, 11) is 1.55. The van der Waals surface area contributed by atoms with Crippen LogP contribution < -0.4 is 0 Å². The van der Waals surface area contributed by atoms with E-state index in [4.69, 9.17) is 16.3 Å². The van der Waals surface area contributed by atoms with Crippen molar-refractivity contribution < 1.29 is 14.3 Å². The van der Waals surface area contributed by atoms with Crippen LogP contribution in [0.4, 0.5) is 0 Å². The predicted octanol–water partition coefficient (Wildman–Crippen LogP) is 1.98. The highest BCUT2D eigenvalue weighted by molar-refractivity contribution is 6.30. The highest BCUT2D eigenvalue weighted by Crippen LogP contribution is 2.10. The Morgan fingerprint density at radius 3 is 2.41 bits per heavy atom. The molecule has 0 saturated heterocycles. The number of carbonyl (C=O) groups excluding carboxylic acids is 2. The Balaban J connectivity index is 2.63. The molecule has 17 heavy (non-hydrogen) atoms. The van der Waals surface area contributed by atoms with Gasteiger partial charge in [0.25, 0.3) is 5.91 Å². The summed E-state index contributed by atoms with van der Waals surface area (Å²) in [5.41, 5.74) is 0.487. The molecular weight excluding hydrogens is 242 g/mol. The van der Waals surface area contributed by atoms with E-state index in [1.54, 1.807) is 38.2 Å². The third-order valence-electron chi connectivity index (χ3n) is 2.11. The van der Waals surface area contributed by atoms with Crippen molar-refractivity contribution in [2.24, 2.45) is 0 Å². The summed E-state index contributed by atoms with van der Waals surface area (Å²) in [5.74, 6) is -0.660. The van der Waals surface area contributed by atoms with Gasteiger partial charge in [-0.1, -0.05) is 11.6 Å². The molecule has 1 aromatic rings. The van der Waals surface area contributed by atoms with Crippen LogP contribution in [0.1, 0.15) is 17.3 Å². The van der Waals surface area contributed by atoms with Gasteiger partial charge in [0.15, 0.2) is 0 Å². The van der Waals surface area contributed by atoms with Gasteiger partial charge in [0.2, 0.25) is 0 Å². The zero-order valence-electron chi connectivity index (χ0n) is 9.77. The van der Waals surface area contributed by atoms with Crippen LogP contribution in [0.15, 0.2) is 24.3 Å². The topological polar surface area (TPSA) is 46.6 Å². The van der Waals surface area contributed by atoms with Gasteiger partial charge >= 0.3 is 5.97 Å². The number of benzene rings is 1. The minimum atomic E-state index is -0.419. The first-order valence-corrected chi connectivity index (χ1v) is 5.59. The first-order valence-electron chi connectivity index (χ1n) is 5.21. The maximum Gasteiger partial charge on any atom is 0.325 e. The van der Waals surface area contributed by atoms with E-state index in [1.165, 1.54) is 4.90 Å². The fourth-order valence-corrected chi connectivity index (χ4v) is 1.41. The van der Waals surface area contributed by atoms with E-state index in [-0.39, 0.29) is 12.5 Å². The van der Waals surface area contributed by atoms with E-state index < -0.39 is 5.97 Å². The van der Waals surface area contributed by atoms with Gasteiger partial charge in [-0.3, -0.25) is 9.59 Å². The van der Waals surface area contributed by atoms with Crippen LogP contribution in [0.5, 0.6) is 0 Å². The number of halogens is 1. The number of esters is 1. The summed E-state index contributed by atoms with van der Waals surface area (Å²) in [6.07, 6.45) is 0. The third-order valence-corrected chi connectivity index (χ3v) is 2.36. The van der Waals surface area contributed by atoms with Gasteiger partial charge in [0.05, 0.1) is 6.61 Å². The molecule has 1 rings (SSSR count). The molecule has 0 atom stereocenters. The lowest BCUT2D eigenvalue weighted by Gasteiger charge is -2.15. The molecule has 5 heteroatoms. The van der Waals surface area contributed by atoms with Gasteiger partial charge in [0.1, 0.15) is 6.54 Å². The largest absolute Gasteiger partial charge is 0.465 e. The van der Waals surface area contributed by atoms with Crippen molar-refractivity contribution in [3.05, 3.63) is 34.9 Å². The van der Waals surface area contributed by atoms with E-state index in [9.17, 15) is 9.59 Å². The second kappa shape index (κ2) is 6.25. The van der Waals surface area contributed by atoms with Crippen molar-refractivity contribution >= 4 is 23.5 Å². The SMILES string of the molecule is CCOC(=O)CN(C)C(=O)c1ccc(Cl)cc1. The van der Waals surface area contributed by atoms with Crippen molar-refractivity contribution in [1.29, 1.82) is 0 Å². The van der Waals surface area contributed by atoms with Gasteiger partial charge in [-0.15, -0.1) is 0 Å². The lowest BCUT2D eigenvalue weighted by Crippen LogP contribution is -2.33. The molecule has 0 saturated carbocycles. The van der Waals surface area contributed by atoms with Crippen molar-refractivity contribution in [1.82, 2.24) is 4.90 Å². The quantitative estimate of drug-likeness (QED) is 0.773. The van der Waals surface area contributed by atoms with Crippen molar-refractivity contribution in [2.45, 2.75) is 6.92 Å². The maximum absolute atomic E-state index is 11.9. The molecule has 0 fully saturated rings. The minimum Gasteiger partial charge on any atom is -0.465 e. The molecule has 0 N–H and O–H groups in total. The van der Waals surface area contributed by atoms with Gasteiger partial charge in [0, 0.05) is 17.6 Å². The highest BCUT2D eigenvalue weighted by atomic mass is 35.5. The molecule has 4 nitrogen and oxygen atoms in total. The monoisotopic (exact) mass is 255 g/mol. The van der Waals surface area contributed by atoms with E-state index in [0.29, 0.717) is 17.2 Å². The number of hydrogen-bond donors (Lipinski definition) is 0. The molecule has 0 aromatic heterocycles. The minimum absolute atomic E-state index is 0.0602. The fourth-order valence-electron chi connectivity index (χ4n) is 1.28. The standard InChI is InChI=1S/C12H14ClNO3/c1-3-17-11(15)8-14(2)12(16)9-4-6-10(13)7-5-9/h4-7H,3,8H2,1-2H3. The number of likely N-dealkylation sites (N-methyl/N-ethyl adjacent to an activating group) is 1. The number of carbonyl (C=O) groups is 2. The summed E-state index contributed by atoms with van der Waals surface area (Å²) in [4.78, 5) is 24.4. The molecule has 1 aromatic carbocycles. The predicted molar refractivity (Wildman–Crippen MR) is 65.0 cm³/mol. The molecular formula is C12H14ClNO3. The average Bonchev–Trinajstić information content (AvgIpc) is 2.29. The normalized spacial score (nSPS) is 9.82. The summed E-state index contributed by atoms with van der Waals surface area (Å²) in [6.45, 7) is 1.97. The molecule has 1 amide bonds. The zero-order chi connectivity index (χ0) is 12.8. The van der Waals surface area contributed by atoms with Crippen molar-refractivity contribution in [2.75, 3.05) is 20.2 Å². The molecule has 0 radical (unpaired) electrons. The Labute approximate surface area is 105 Å². The van der Waals surface area contributed by atoms with Gasteiger partial charge in [-0.2, -0.15) is 0 Å². The molecule has 0 aliphatic carbocycles.